The van der Waals surface area contributed by atoms with E-state index in [2.05, 4.69) is 4.98 Å². The van der Waals surface area contributed by atoms with Crippen molar-refractivity contribution in [3.8, 4) is 0 Å². The molecule has 6 nitrogen and oxygen atoms in total. The van der Waals surface area contributed by atoms with Gasteiger partial charge in [0.1, 0.15) is 0 Å². The Morgan fingerprint density at radius 1 is 1.36 bits per heavy atom. The first kappa shape index (κ1) is 20.4. The van der Waals surface area contributed by atoms with E-state index in [9.17, 15) is 4.79 Å². The van der Waals surface area contributed by atoms with Crippen molar-refractivity contribution in [2.75, 3.05) is 11.4 Å². The average molecular weight is 437 g/mol. The van der Waals surface area contributed by atoms with Crippen molar-refractivity contribution >= 4 is 56.6 Å². The summed E-state index contributed by atoms with van der Waals surface area (Å²) in [5.41, 5.74) is 1.75. The Bertz CT molecular complexity index is 1060. The largest absolute Gasteiger partial charge is 0.459 e. The number of carbonyl (C=O) groups is 1. The lowest BCUT2D eigenvalue weighted by molar-refractivity contribution is 0.0959. The second-order valence-corrected chi connectivity index (χ2v) is 7.52. The molecule has 0 aliphatic heterocycles. The number of thiazole rings is 1. The van der Waals surface area contributed by atoms with Gasteiger partial charge >= 0.3 is 0 Å². The van der Waals surface area contributed by atoms with Crippen LogP contribution in [0.3, 0.4) is 0 Å². The van der Waals surface area contributed by atoms with Gasteiger partial charge in [0.2, 0.25) is 0 Å². The average Bonchev–Trinajstić information content (AvgIpc) is 3.42. The predicted octanol–water partition coefficient (Wildman–Crippen LogP) is 5.21. The number of benzene rings is 1. The van der Waals surface area contributed by atoms with Crippen LogP contribution in [0.4, 0.5) is 5.13 Å². The maximum atomic E-state index is 13.0. The topological polar surface area (TPSA) is 64.2 Å². The fraction of sp³-hybridized carbons (Fsp3) is 0.211. The van der Waals surface area contributed by atoms with Crippen LogP contribution in [0.5, 0.6) is 0 Å². The summed E-state index contributed by atoms with van der Waals surface area (Å²) in [5.74, 6) is 0.0973. The van der Waals surface area contributed by atoms with Crippen LogP contribution in [0.25, 0.3) is 10.2 Å². The molecule has 3 aromatic heterocycles. The molecule has 4 aromatic rings. The number of hydrogen-bond acceptors (Lipinski definition) is 5. The van der Waals surface area contributed by atoms with Gasteiger partial charge in [-0.25, -0.2) is 9.97 Å². The van der Waals surface area contributed by atoms with Gasteiger partial charge in [-0.2, -0.15) is 0 Å². The zero-order chi connectivity index (χ0) is 18.8. The van der Waals surface area contributed by atoms with Crippen LogP contribution in [-0.4, -0.2) is 27.0 Å². The van der Waals surface area contributed by atoms with Crippen molar-refractivity contribution in [1.29, 1.82) is 0 Å². The lowest BCUT2D eigenvalue weighted by Crippen LogP contribution is -2.32. The second kappa shape index (κ2) is 8.77. The van der Waals surface area contributed by atoms with E-state index < -0.39 is 0 Å². The first-order chi connectivity index (χ1) is 13.1. The molecule has 0 radical (unpaired) electrons. The van der Waals surface area contributed by atoms with Gasteiger partial charge in [-0.15, -0.1) is 12.4 Å². The molecule has 9 heteroatoms. The van der Waals surface area contributed by atoms with Gasteiger partial charge in [0.25, 0.3) is 5.91 Å². The van der Waals surface area contributed by atoms with E-state index in [1.807, 2.05) is 29.8 Å². The van der Waals surface area contributed by atoms with Crippen molar-refractivity contribution in [1.82, 2.24) is 14.5 Å². The van der Waals surface area contributed by atoms with Crippen molar-refractivity contribution in [2.45, 2.75) is 19.9 Å². The van der Waals surface area contributed by atoms with Crippen molar-refractivity contribution in [2.24, 2.45) is 0 Å². The molecule has 1 amide bonds. The number of anilines is 1. The van der Waals surface area contributed by atoms with Gasteiger partial charge in [-0.3, -0.25) is 9.69 Å². The Kier molecular flexibility index (Phi) is 6.39. The smallest absolute Gasteiger partial charge is 0.295 e. The summed E-state index contributed by atoms with van der Waals surface area (Å²) in [6.07, 6.45) is 7.67. The maximum Gasteiger partial charge on any atom is 0.295 e. The molecule has 0 saturated carbocycles. The summed E-state index contributed by atoms with van der Waals surface area (Å²) in [6.45, 7) is 3.22. The lowest BCUT2D eigenvalue weighted by Gasteiger charge is -2.18. The highest BCUT2D eigenvalue weighted by atomic mass is 35.5. The summed E-state index contributed by atoms with van der Waals surface area (Å²) >= 11 is 7.70. The monoisotopic (exact) mass is 436 g/mol. The van der Waals surface area contributed by atoms with E-state index in [4.69, 9.17) is 21.0 Å². The summed E-state index contributed by atoms with van der Waals surface area (Å²) in [5, 5.41) is 1.31. The maximum absolute atomic E-state index is 13.0. The van der Waals surface area contributed by atoms with Gasteiger partial charge in [0, 0.05) is 30.5 Å². The third kappa shape index (κ3) is 4.06. The molecule has 0 fully saturated rings. The van der Waals surface area contributed by atoms with Gasteiger partial charge in [0.05, 0.1) is 22.8 Å². The number of furan rings is 1. The first-order valence-corrected chi connectivity index (χ1v) is 9.69. The SMILES string of the molecule is Cc1c(Cl)ccc2sc(N(CCCn3ccnc3)C(=O)c3ccco3)nc12.Cl. The van der Waals surface area contributed by atoms with Gasteiger partial charge in [-0.05, 0) is 43.2 Å². The van der Waals surface area contributed by atoms with Crippen molar-refractivity contribution < 1.29 is 9.21 Å². The number of halogens is 2. The Balaban J connectivity index is 0.00000225. The Morgan fingerprint density at radius 3 is 2.93 bits per heavy atom. The van der Waals surface area contributed by atoms with E-state index in [1.54, 1.807) is 29.6 Å². The Morgan fingerprint density at radius 2 is 2.21 bits per heavy atom. The predicted molar refractivity (Wildman–Crippen MR) is 114 cm³/mol. The molecule has 0 bridgehead atoms. The van der Waals surface area contributed by atoms with Crippen LogP contribution in [0, 0.1) is 6.92 Å². The molecule has 0 atom stereocenters. The Hall–Kier alpha value is -2.35. The van der Waals surface area contributed by atoms with Crippen LogP contribution in [-0.2, 0) is 6.54 Å². The molecule has 1 aromatic carbocycles. The highest BCUT2D eigenvalue weighted by Crippen LogP contribution is 2.34. The zero-order valence-electron chi connectivity index (χ0n) is 15.0. The minimum atomic E-state index is -0.201. The first-order valence-electron chi connectivity index (χ1n) is 8.50. The molecular weight excluding hydrogens is 419 g/mol. The molecule has 4 rings (SSSR count). The number of imidazole rings is 1. The number of rotatable bonds is 6. The minimum Gasteiger partial charge on any atom is -0.459 e. The quantitative estimate of drug-likeness (QED) is 0.416. The molecule has 0 aliphatic rings. The molecule has 28 heavy (non-hydrogen) atoms. The summed E-state index contributed by atoms with van der Waals surface area (Å²) in [6, 6.07) is 7.17. The minimum absolute atomic E-state index is 0. The summed E-state index contributed by atoms with van der Waals surface area (Å²) in [4.78, 5) is 23.4. The Labute approximate surface area is 177 Å². The fourth-order valence-electron chi connectivity index (χ4n) is 2.85. The number of amides is 1. The van der Waals surface area contributed by atoms with Crippen LogP contribution >= 0.6 is 35.3 Å². The second-order valence-electron chi connectivity index (χ2n) is 6.10. The van der Waals surface area contributed by atoms with Gasteiger partial charge in [-0.1, -0.05) is 22.9 Å². The molecule has 0 N–H and O–H groups in total. The normalized spacial score (nSPS) is 10.8. The number of aromatic nitrogens is 3. The lowest BCUT2D eigenvalue weighted by atomic mass is 10.2. The number of nitrogens with zero attached hydrogens (tertiary/aromatic N) is 4. The van der Waals surface area contributed by atoms with Crippen molar-refractivity contribution in [3.05, 3.63) is 65.6 Å². The molecule has 0 spiro atoms. The number of fused-ring (bicyclic) bond motifs is 1. The molecule has 0 saturated heterocycles. The molecule has 0 unspecified atom stereocenters. The third-order valence-corrected chi connectivity index (χ3v) is 5.75. The molecule has 0 aliphatic carbocycles. The van der Waals surface area contributed by atoms with Crippen molar-refractivity contribution in [3.63, 3.8) is 0 Å². The van der Waals surface area contributed by atoms with E-state index >= 15 is 0 Å². The van der Waals surface area contributed by atoms with Crippen LogP contribution in [0.1, 0.15) is 22.5 Å². The van der Waals surface area contributed by atoms with E-state index in [0.717, 1.165) is 28.7 Å². The molecule has 3 heterocycles. The zero-order valence-corrected chi connectivity index (χ0v) is 17.4. The number of aryl methyl sites for hydroxylation is 2. The standard InChI is InChI=1S/C19H17ClN4O2S.ClH/c1-13-14(20)5-6-16-17(13)22-19(27-16)24(18(25)15-4-2-11-26-15)9-3-8-23-10-7-21-12-23;/h2,4-7,10-12H,3,8-9H2,1H3;1H. The van der Waals surface area contributed by atoms with Crippen LogP contribution < -0.4 is 4.90 Å². The third-order valence-electron chi connectivity index (χ3n) is 4.30. The van der Waals surface area contributed by atoms with E-state index in [0.29, 0.717) is 22.5 Å². The fourth-order valence-corrected chi connectivity index (χ4v) is 4.05. The number of hydrogen-bond donors (Lipinski definition) is 0. The van der Waals surface area contributed by atoms with Gasteiger partial charge < -0.3 is 8.98 Å². The summed E-state index contributed by atoms with van der Waals surface area (Å²) < 4.78 is 8.30. The highest BCUT2D eigenvalue weighted by molar-refractivity contribution is 7.22. The molecular formula is C19H18Cl2N4O2S. The van der Waals surface area contributed by atoms with Gasteiger partial charge in [0.15, 0.2) is 10.9 Å². The van der Waals surface area contributed by atoms with Crippen LogP contribution in [0.15, 0.2) is 53.7 Å². The van der Waals surface area contributed by atoms with E-state index in [-0.39, 0.29) is 18.3 Å². The number of carbonyl (C=O) groups excluding carboxylic acids is 1. The summed E-state index contributed by atoms with van der Waals surface area (Å²) in [7, 11) is 0. The van der Waals surface area contributed by atoms with E-state index in [1.165, 1.54) is 17.6 Å². The van der Waals surface area contributed by atoms with Crippen LogP contribution in [0.2, 0.25) is 5.02 Å². The molecule has 146 valence electrons. The highest BCUT2D eigenvalue weighted by Gasteiger charge is 2.23.